The fourth-order valence-electron chi connectivity index (χ4n) is 4.35. The topological polar surface area (TPSA) is 71.8 Å². The smallest absolute Gasteiger partial charge is 0.262 e. The maximum atomic E-state index is 13.0. The Hall–Kier alpha value is -2.81. The minimum atomic E-state index is -0.186. The Kier molecular flexibility index (Phi) is 5.67. The van der Waals surface area contributed by atoms with Gasteiger partial charge in [0, 0.05) is 49.0 Å². The van der Waals surface area contributed by atoms with Crippen molar-refractivity contribution in [3.05, 3.63) is 64.6 Å². The molecule has 0 aromatic carbocycles. The third-order valence-electron chi connectivity index (χ3n) is 5.81. The van der Waals surface area contributed by atoms with Crippen molar-refractivity contribution in [1.82, 2.24) is 24.6 Å². The second kappa shape index (κ2) is 8.61. The molecule has 0 aliphatic carbocycles. The van der Waals surface area contributed by atoms with Crippen molar-refractivity contribution in [2.75, 3.05) is 19.7 Å². The van der Waals surface area contributed by atoms with Crippen LogP contribution in [0.4, 0.5) is 0 Å². The maximum absolute atomic E-state index is 13.0. The number of aryl methyl sites for hydroxylation is 1. The van der Waals surface area contributed by atoms with Crippen LogP contribution in [0, 0.1) is 6.92 Å². The molecule has 1 fully saturated rings. The van der Waals surface area contributed by atoms with Gasteiger partial charge in [0.05, 0.1) is 24.1 Å². The van der Waals surface area contributed by atoms with E-state index in [-0.39, 0.29) is 18.1 Å². The van der Waals surface area contributed by atoms with Crippen molar-refractivity contribution in [2.45, 2.75) is 39.5 Å². The first kappa shape index (κ1) is 21.1. The zero-order valence-corrected chi connectivity index (χ0v) is 19.4. The maximum Gasteiger partial charge on any atom is 0.262 e. The highest BCUT2D eigenvalue weighted by molar-refractivity contribution is 7.20. The molecule has 1 amide bonds. The van der Waals surface area contributed by atoms with E-state index in [2.05, 4.69) is 32.7 Å². The minimum absolute atomic E-state index is 0.0589. The SMILES string of the molecule is Cc1nc2ccccn2c1CN1CCO[C@H](c2c(C(=O)NC(C)C)sc3ncccc23)C1. The Bertz CT molecular complexity index is 1280. The number of aromatic nitrogens is 3. The highest BCUT2D eigenvalue weighted by Gasteiger charge is 2.30. The molecule has 32 heavy (non-hydrogen) atoms. The standard InChI is InChI=1S/C24H27N5O2S/c1-15(2)26-23(30)22-21(17-7-6-9-25-24(17)32-22)19-14-28(11-12-31-19)13-18-16(3)27-20-8-4-5-10-29(18)20/h4-10,15,19H,11-14H2,1-3H3,(H,26,30)/t19-/m0/s1. The number of carbonyl (C=O) groups is 1. The largest absolute Gasteiger partial charge is 0.371 e. The number of hydrogen-bond acceptors (Lipinski definition) is 6. The van der Waals surface area contributed by atoms with Gasteiger partial charge in [0.2, 0.25) is 0 Å². The number of nitrogens with zero attached hydrogens (tertiary/aromatic N) is 4. The molecule has 166 valence electrons. The van der Waals surface area contributed by atoms with E-state index in [1.807, 2.05) is 44.2 Å². The minimum Gasteiger partial charge on any atom is -0.371 e. The first-order valence-corrected chi connectivity index (χ1v) is 11.8. The average molecular weight is 450 g/mol. The molecule has 1 aliphatic heterocycles. The van der Waals surface area contributed by atoms with Gasteiger partial charge in [-0.1, -0.05) is 12.1 Å². The van der Waals surface area contributed by atoms with Crippen LogP contribution < -0.4 is 5.32 Å². The molecule has 0 bridgehead atoms. The van der Waals surface area contributed by atoms with E-state index < -0.39 is 0 Å². The summed E-state index contributed by atoms with van der Waals surface area (Å²) in [5.74, 6) is -0.0589. The highest BCUT2D eigenvalue weighted by Crippen LogP contribution is 2.37. The number of pyridine rings is 2. The first-order chi connectivity index (χ1) is 15.5. The van der Waals surface area contributed by atoms with Crippen LogP contribution in [0.1, 0.15) is 46.6 Å². The summed E-state index contributed by atoms with van der Waals surface area (Å²) in [5, 5.41) is 4.04. The second-order valence-electron chi connectivity index (χ2n) is 8.50. The molecular formula is C24H27N5O2S. The molecule has 1 saturated heterocycles. The Morgan fingerprint density at radius 3 is 3.03 bits per heavy atom. The molecular weight excluding hydrogens is 422 g/mol. The number of ether oxygens (including phenoxy) is 1. The van der Waals surface area contributed by atoms with Crippen LogP contribution in [0.3, 0.4) is 0 Å². The molecule has 0 radical (unpaired) electrons. The number of carbonyl (C=O) groups excluding carboxylic acids is 1. The number of amides is 1. The summed E-state index contributed by atoms with van der Waals surface area (Å²) < 4.78 is 8.39. The van der Waals surface area contributed by atoms with Gasteiger partial charge in [-0.05, 0) is 39.0 Å². The molecule has 5 heterocycles. The molecule has 1 N–H and O–H groups in total. The van der Waals surface area contributed by atoms with Crippen molar-refractivity contribution in [3.63, 3.8) is 0 Å². The van der Waals surface area contributed by atoms with Crippen molar-refractivity contribution < 1.29 is 9.53 Å². The molecule has 4 aromatic rings. The number of imidazole rings is 1. The van der Waals surface area contributed by atoms with E-state index >= 15 is 0 Å². The second-order valence-corrected chi connectivity index (χ2v) is 9.50. The van der Waals surface area contributed by atoms with E-state index in [4.69, 9.17) is 9.72 Å². The quantitative estimate of drug-likeness (QED) is 0.499. The van der Waals surface area contributed by atoms with Crippen LogP contribution in [0.5, 0.6) is 0 Å². The fourth-order valence-corrected chi connectivity index (χ4v) is 5.45. The zero-order valence-electron chi connectivity index (χ0n) is 18.5. The summed E-state index contributed by atoms with van der Waals surface area (Å²) in [6.07, 6.45) is 3.65. The van der Waals surface area contributed by atoms with E-state index in [1.165, 1.54) is 17.0 Å². The van der Waals surface area contributed by atoms with Crippen LogP contribution in [0.25, 0.3) is 15.9 Å². The van der Waals surface area contributed by atoms with E-state index in [1.54, 1.807) is 6.20 Å². The van der Waals surface area contributed by atoms with Gasteiger partial charge in [-0.2, -0.15) is 0 Å². The Morgan fingerprint density at radius 2 is 2.19 bits per heavy atom. The molecule has 1 aliphatic rings. The predicted molar refractivity (Wildman–Crippen MR) is 126 cm³/mol. The zero-order chi connectivity index (χ0) is 22.2. The normalized spacial score (nSPS) is 17.4. The van der Waals surface area contributed by atoms with Crippen LogP contribution in [0.2, 0.25) is 0 Å². The summed E-state index contributed by atoms with van der Waals surface area (Å²) >= 11 is 1.44. The lowest BCUT2D eigenvalue weighted by molar-refractivity contribution is -0.0328. The number of thiophene rings is 1. The highest BCUT2D eigenvalue weighted by atomic mass is 32.1. The van der Waals surface area contributed by atoms with E-state index in [0.717, 1.165) is 40.2 Å². The Morgan fingerprint density at radius 1 is 1.31 bits per heavy atom. The van der Waals surface area contributed by atoms with Crippen molar-refractivity contribution >= 4 is 33.1 Å². The van der Waals surface area contributed by atoms with Crippen molar-refractivity contribution in [3.8, 4) is 0 Å². The van der Waals surface area contributed by atoms with E-state index in [0.29, 0.717) is 18.0 Å². The third-order valence-corrected chi connectivity index (χ3v) is 6.93. The number of morpholine rings is 1. The molecule has 7 nitrogen and oxygen atoms in total. The first-order valence-electron chi connectivity index (χ1n) is 11.0. The average Bonchev–Trinajstić information content (AvgIpc) is 3.32. The monoisotopic (exact) mass is 449 g/mol. The lowest BCUT2D eigenvalue weighted by Crippen LogP contribution is -2.39. The summed E-state index contributed by atoms with van der Waals surface area (Å²) in [4.78, 5) is 26.2. The molecule has 5 rings (SSSR count). The molecule has 4 aromatic heterocycles. The number of nitrogens with one attached hydrogen (secondary N) is 1. The van der Waals surface area contributed by atoms with Gasteiger partial charge in [-0.25, -0.2) is 9.97 Å². The molecule has 8 heteroatoms. The predicted octanol–water partition coefficient (Wildman–Crippen LogP) is 3.96. The fraction of sp³-hybridized carbons (Fsp3) is 0.375. The summed E-state index contributed by atoms with van der Waals surface area (Å²) in [7, 11) is 0. The number of hydrogen-bond donors (Lipinski definition) is 1. The Labute approximate surface area is 191 Å². The van der Waals surface area contributed by atoms with Gasteiger partial charge in [0.25, 0.3) is 5.91 Å². The summed E-state index contributed by atoms with van der Waals surface area (Å²) in [5.41, 5.74) is 4.15. The van der Waals surface area contributed by atoms with Crippen LogP contribution in [-0.4, -0.2) is 50.9 Å². The lowest BCUT2D eigenvalue weighted by Gasteiger charge is -2.33. The molecule has 0 unspecified atom stereocenters. The van der Waals surface area contributed by atoms with Crippen LogP contribution in [0.15, 0.2) is 42.7 Å². The van der Waals surface area contributed by atoms with Crippen LogP contribution >= 0.6 is 11.3 Å². The molecule has 1 atom stereocenters. The van der Waals surface area contributed by atoms with Crippen LogP contribution in [-0.2, 0) is 11.3 Å². The molecule has 0 spiro atoms. The van der Waals surface area contributed by atoms with Crippen molar-refractivity contribution in [1.29, 1.82) is 0 Å². The van der Waals surface area contributed by atoms with Gasteiger partial charge in [0.1, 0.15) is 15.4 Å². The third kappa shape index (κ3) is 3.90. The summed E-state index contributed by atoms with van der Waals surface area (Å²) in [6.45, 7) is 8.95. The van der Waals surface area contributed by atoms with Gasteiger partial charge in [-0.3, -0.25) is 9.69 Å². The van der Waals surface area contributed by atoms with Gasteiger partial charge < -0.3 is 14.5 Å². The summed E-state index contributed by atoms with van der Waals surface area (Å²) in [6, 6.07) is 10.1. The van der Waals surface area contributed by atoms with Crippen molar-refractivity contribution in [2.24, 2.45) is 0 Å². The van der Waals surface area contributed by atoms with E-state index in [9.17, 15) is 4.79 Å². The lowest BCUT2D eigenvalue weighted by atomic mass is 10.0. The van der Waals surface area contributed by atoms with Gasteiger partial charge in [0.15, 0.2) is 0 Å². The van der Waals surface area contributed by atoms with Gasteiger partial charge >= 0.3 is 0 Å². The van der Waals surface area contributed by atoms with Gasteiger partial charge in [-0.15, -0.1) is 11.3 Å². The molecule has 0 saturated carbocycles. The number of rotatable bonds is 5. The number of fused-ring (bicyclic) bond motifs is 2. The Balaban J connectivity index is 1.46.